The largest absolute Gasteiger partial charge is 0.320 e. The van der Waals surface area contributed by atoms with Crippen LogP contribution in [0.4, 0.5) is 17.3 Å². The van der Waals surface area contributed by atoms with Crippen LogP contribution < -0.4 is 9.62 Å². The predicted molar refractivity (Wildman–Crippen MR) is 113 cm³/mol. The average Bonchev–Trinajstić information content (AvgIpc) is 2.72. The Bertz CT molecular complexity index is 962. The van der Waals surface area contributed by atoms with Gasteiger partial charge in [-0.25, -0.2) is 8.42 Å². The molecule has 1 N–H and O–H groups in total. The van der Waals surface area contributed by atoms with Gasteiger partial charge >= 0.3 is 0 Å². The summed E-state index contributed by atoms with van der Waals surface area (Å²) in [5, 5.41) is 8.34. The van der Waals surface area contributed by atoms with E-state index >= 15 is 0 Å². The Morgan fingerprint density at radius 3 is 2.18 bits per heavy atom. The van der Waals surface area contributed by atoms with Crippen molar-refractivity contribution in [3.8, 4) is 0 Å². The van der Waals surface area contributed by atoms with E-state index in [0.29, 0.717) is 18.8 Å². The van der Waals surface area contributed by atoms with Gasteiger partial charge in [0.15, 0.2) is 11.6 Å². The van der Waals surface area contributed by atoms with Crippen LogP contribution in [0.15, 0.2) is 72.8 Å². The molecule has 0 fully saturated rings. The van der Waals surface area contributed by atoms with Crippen molar-refractivity contribution < 1.29 is 8.42 Å². The Kier molecular flexibility index (Phi) is 6.60. The molecular weight excluding hydrogens is 372 g/mol. The maximum Gasteiger partial charge on any atom is 0.233 e. The van der Waals surface area contributed by atoms with Crippen molar-refractivity contribution in [3.05, 3.63) is 78.4 Å². The van der Waals surface area contributed by atoms with Crippen molar-refractivity contribution in [1.82, 2.24) is 10.2 Å². The van der Waals surface area contributed by atoms with Crippen LogP contribution in [0, 0.1) is 0 Å². The van der Waals surface area contributed by atoms with Gasteiger partial charge in [0.05, 0.1) is 5.75 Å². The van der Waals surface area contributed by atoms with Gasteiger partial charge in [-0.15, -0.1) is 10.2 Å². The molecule has 3 aromatic rings. The molecule has 7 heteroatoms. The molecule has 1 heterocycles. The number of unbranched alkanes of at least 4 members (excludes halogenated alkanes) is 1. The zero-order valence-corrected chi connectivity index (χ0v) is 16.6. The zero-order chi connectivity index (χ0) is 19.8. The molecule has 0 aliphatic heterocycles. The number of benzene rings is 2. The Morgan fingerprint density at radius 2 is 1.57 bits per heavy atom. The first-order valence-electron chi connectivity index (χ1n) is 9.28. The molecule has 6 nitrogen and oxygen atoms in total. The van der Waals surface area contributed by atoms with E-state index in [1.165, 1.54) is 0 Å². The molecule has 1 aromatic heterocycles. The van der Waals surface area contributed by atoms with Gasteiger partial charge in [-0.2, -0.15) is 0 Å². The van der Waals surface area contributed by atoms with Crippen molar-refractivity contribution in [2.75, 3.05) is 15.4 Å². The van der Waals surface area contributed by atoms with Crippen molar-refractivity contribution in [2.24, 2.45) is 0 Å². The van der Waals surface area contributed by atoms with E-state index in [-0.39, 0.29) is 11.6 Å². The van der Waals surface area contributed by atoms with Crippen LogP contribution >= 0.6 is 0 Å². The van der Waals surface area contributed by atoms with Gasteiger partial charge in [0.1, 0.15) is 0 Å². The molecule has 0 aliphatic rings. The summed E-state index contributed by atoms with van der Waals surface area (Å²) in [6.07, 6.45) is 1.43. The lowest BCUT2D eigenvalue weighted by atomic mass is 10.2. The van der Waals surface area contributed by atoms with E-state index in [1.54, 1.807) is 12.1 Å². The summed E-state index contributed by atoms with van der Waals surface area (Å²) in [5.74, 6) is 0.955. The van der Waals surface area contributed by atoms with Crippen LogP contribution in [0.2, 0.25) is 0 Å². The predicted octanol–water partition coefficient (Wildman–Crippen LogP) is 4.36. The van der Waals surface area contributed by atoms with Gasteiger partial charge < -0.3 is 4.90 Å². The minimum absolute atomic E-state index is 0.0804. The van der Waals surface area contributed by atoms with Gasteiger partial charge in [0, 0.05) is 12.2 Å². The van der Waals surface area contributed by atoms with Gasteiger partial charge in [-0.05, 0) is 36.2 Å². The molecule has 0 unspecified atom stereocenters. The van der Waals surface area contributed by atoms with Crippen molar-refractivity contribution in [1.29, 1.82) is 0 Å². The van der Waals surface area contributed by atoms with E-state index in [4.69, 9.17) is 0 Å². The molecule has 0 aliphatic carbocycles. The van der Waals surface area contributed by atoms with Gasteiger partial charge in [0.25, 0.3) is 0 Å². The Labute approximate surface area is 166 Å². The minimum atomic E-state index is -3.40. The zero-order valence-electron chi connectivity index (χ0n) is 15.8. The summed E-state index contributed by atoms with van der Waals surface area (Å²) in [6.45, 7) is 2.58. The number of para-hydroxylation sites is 1. The third kappa shape index (κ3) is 5.53. The summed E-state index contributed by atoms with van der Waals surface area (Å²) in [4.78, 5) is 2.04. The maximum atomic E-state index is 12.1. The second-order valence-electron chi connectivity index (χ2n) is 6.46. The van der Waals surface area contributed by atoms with Crippen molar-refractivity contribution in [3.63, 3.8) is 0 Å². The highest BCUT2D eigenvalue weighted by atomic mass is 32.2. The summed E-state index contributed by atoms with van der Waals surface area (Å²) >= 11 is 0. The highest BCUT2D eigenvalue weighted by Gasteiger charge is 2.14. The minimum Gasteiger partial charge on any atom is -0.320 e. The molecule has 0 saturated heterocycles. The second-order valence-corrected chi connectivity index (χ2v) is 8.30. The molecule has 0 radical (unpaired) electrons. The van der Waals surface area contributed by atoms with Gasteiger partial charge in [-0.3, -0.25) is 4.72 Å². The molecule has 0 spiro atoms. The molecule has 28 heavy (non-hydrogen) atoms. The Morgan fingerprint density at radius 1 is 0.893 bits per heavy atom. The number of sulfonamides is 1. The number of aromatic nitrogens is 2. The van der Waals surface area contributed by atoms with Crippen molar-refractivity contribution >= 4 is 27.3 Å². The third-order valence-electron chi connectivity index (χ3n) is 4.21. The highest BCUT2D eigenvalue weighted by molar-refractivity contribution is 7.92. The first kappa shape index (κ1) is 19.8. The molecule has 0 saturated carbocycles. The summed E-state index contributed by atoms with van der Waals surface area (Å²) in [7, 11) is -3.40. The number of hydrogen-bond donors (Lipinski definition) is 1. The number of nitrogens with one attached hydrogen (secondary N) is 1. The molecule has 0 amide bonds. The molecule has 3 rings (SSSR count). The third-order valence-corrected chi connectivity index (χ3v) is 5.55. The molecule has 0 bridgehead atoms. The number of hydrogen-bond acceptors (Lipinski definition) is 5. The number of anilines is 3. The fraction of sp³-hybridized carbons (Fsp3) is 0.238. The monoisotopic (exact) mass is 396 g/mol. The maximum absolute atomic E-state index is 12.1. The molecule has 2 aromatic carbocycles. The lowest BCUT2D eigenvalue weighted by Crippen LogP contribution is -2.20. The first-order chi connectivity index (χ1) is 13.6. The van der Waals surface area contributed by atoms with Crippen LogP contribution in [0.25, 0.3) is 0 Å². The van der Waals surface area contributed by atoms with Gasteiger partial charge in [-0.1, -0.05) is 61.9 Å². The van der Waals surface area contributed by atoms with Crippen LogP contribution in [0.1, 0.15) is 25.3 Å². The second kappa shape index (κ2) is 9.32. The van der Waals surface area contributed by atoms with Crippen LogP contribution in [-0.4, -0.2) is 24.4 Å². The SMILES string of the molecule is CCCCS(=O)(=O)Nc1ccc(N(Cc2ccccc2)c2ccccc2)nn1. The highest BCUT2D eigenvalue weighted by Crippen LogP contribution is 2.26. The summed E-state index contributed by atoms with van der Waals surface area (Å²) in [5.41, 5.74) is 2.12. The summed E-state index contributed by atoms with van der Waals surface area (Å²) in [6, 6.07) is 23.4. The Hall–Kier alpha value is -2.93. The number of rotatable bonds is 9. The van der Waals surface area contributed by atoms with E-state index in [0.717, 1.165) is 17.7 Å². The van der Waals surface area contributed by atoms with Crippen molar-refractivity contribution in [2.45, 2.75) is 26.3 Å². The topological polar surface area (TPSA) is 75.2 Å². The van der Waals surface area contributed by atoms with Crippen LogP contribution in [0.5, 0.6) is 0 Å². The molecular formula is C21H24N4O2S. The van der Waals surface area contributed by atoms with E-state index in [1.807, 2.05) is 60.4 Å². The van der Waals surface area contributed by atoms with Crippen LogP contribution in [0.3, 0.4) is 0 Å². The standard InChI is InChI=1S/C21H24N4O2S/c1-2-3-16-28(26,27)24-20-14-15-21(23-22-20)25(19-12-8-5-9-13-19)17-18-10-6-4-7-11-18/h4-15H,2-3,16-17H2,1H3,(H,22,24). The van der Waals surface area contributed by atoms with Gasteiger partial charge in [0.2, 0.25) is 10.0 Å². The Balaban J connectivity index is 1.82. The lowest BCUT2D eigenvalue weighted by molar-refractivity contribution is 0.597. The van der Waals surface area contributed by atoms with E-state index in [2.05, 4.69) is 27.1 Å². The first-order valence-corrected chi connectivity index (χ1v) is 10.9. The smallest absolute Gasteiger partial charge is 0.233 e. The quantitative estimate of drug-likeness (QED) is 0.582. The molecule has 0 atom stereocenters. The average molecular weight is 397 g/mol. The van der Waals surface area contributed by atoms with E-state index in [9.17, 15) is 8.42 Å². The van der Waals surface area contributed by atoms with Crippen LogP contribution in [-0.2, 0) is 16.6 Å². The summed E-state index contributed by atoms with van der Waals surface area (Å²) < 4.78 is 26.6. The fourth-order valence-electron chi connectivity index (χ4n) is 2.75. The molecule has 146 valence electrons. The fourth-order valence-corrected chi connectivity index (χ4v) is 3.95. The normalized spacial score (nSPS) is 11.2. The van der Waals surface area contributed by atoms with E-state index < -0.39 is 10.0 Å². The lowest BCUT2D eigenvalue weighted by Gasteiger charge is -2.23. The number of nitrogens with zero attached hydrogens (tertiary/aromatic N) is 3.